The SMILES string of the molecule is O=C1/C(=C/c2ccc([N+](=O)[O-])cc2)C(c2ccc(Cl)cc2)C2(C(=O)NC(=S)NC2=O)C(c2ccc(Cl)cc2)/C1=C\c1ccc([N+](=O)[O-])cc1. The van der Waals surface area contributed by atoms with Gasteiger partial charge in [0.25, 0.3) is 11.4 Å². The summed E-state index contributed by atoms with van der Waals surface area (Å²) in [6.45, 7) is 0. The first-order chi connectivity index (χ1) is 23.4. The van der Waals surface area contributed by atoms with Gasteiger partial charge in [0.05, 0.1) is 9.85 Å². The van der Waals surface area contributed by atoms with Gasteiger partial charge in [0.15, 0.2) is 16.3 Å². The number of hydrogen-bond acceptors (Lipinski definition) is 8. The molecular weight excluding hydrogens is 691 g/mol. The molecule has 2 atom stereocenters. The molecular formula is C35H22Cl2N4O7S. The minimum atomic E-state index is -2.10. The van der Waals surface area contributed by atoms with Crippen molar-refractivity contribution in [2.45, 2.75) is 11.8 Å². The number of Topliss-reactive ketones (excluding diaryl/α,β-unsaturated/α-hetero) is 1. The third-order valence-electron chi connectivity index (χ3n) is 8.52. The van der Waals surface area contributed by atoms with E-state index in [1.54, 1.807) is 48.5 Å². The monoisotopic (exact) mass is 712 g/mol. The van der Waals surface area contributed by atoms with Crippen molar-refractivity contribution in [1.29, 1.82) is 0 Å². The summed E-state index contributed by atoms with van der Waals surface area (Å²) in [5.41, 5.74) is -0.843. The third kappa shape index (κ3) is 6.13. The molecule has 1 spiro atoms. The Morgan fingerprint density at radius 2 is 0.959 bits per heavy atom. The molecule has 1 saturated carbocycles. The number of amides is 2. The van der Waals surface area contributed by atoms with Crippen LogP contribution in [0.4, 0.5) is 11.4 Å². The average molecular weight is 714 g/mol. The Bertz CT molecular complexity index is 1970. The second kappa shape index (κ2) is 13.2. The molecule has 1 heterocycles. The molecule has 2 fully saturated rings. The minimum absolute atomic E-state index is 0.0210. The van der Waals surface area contributed by atoms with Crippen LogP contribution in [-0.4, -0.2) is 32.6 Å². The summed E-state index contributed by atoms with van der Waals surface area (Å²) in [4.78, 5) is 65.8. The maximum absolute atomic E-state index is 15.0. The topological polar surface area (TPSA) is 162 Å². The van der Waals surface area contributed by atoms with Crippen LogP contribution < -0.4 is 10.6 Å². The van der Waals surface area contributed by atoms with Crippen molar-refractivity contribution in [3.8, 4) is 0 Å². The first-order valence-electron chi connectivity index (χ1n) is 14.5. The van der Waals surface area contributed by atoms with Gasteiger partial charge >= 0.3 is 0 Å². The number of allylic oxidation sites excluding steroid dienone is 2. The molecule has 4 aromatic rings. The van der Waals surface area contributed by atoms with E-state index in [2.05, 4.69) is 10.6 Å². The molecule has 0 aromatic heterocycles. The first-order valence-corrected chi connectivity index (χ1v) is 15.7. The molecule has 6 rings (SSSR count). The summed E-state index contributed by atoms with van der Waals surface area (Å²) in [7, 11) is 0. The van der Waals surface area contributed by atoms with Gasteiger partial charge in [0.1, 0.15) is 0 Å². The van der Waals surface area contributed by atoms with Crippen LogP contribution >= 0.6 is 35.4 Å². The molecule has 2 unspecified atom stereocenters. The number of hydrogen-bond donors (Lipinski definition) is 2. The lowest BCUT2D eigenvalue weighted by molar-refractivity contribution is -0.385. The summed E-state index contributed by atoms with van der Waals surface area (Å²) in [6.07, 6.45) is 2.98. The fourth-order valence-electron chi connectivity index (χ4n) is 6.39. The average Bonchev–Trinajstić information content (AvgIpc) is 3.07. The zero-order valence-electron chi connectivity index (χ0n) is 25.0. The highest BCUT2D eigenvalue weighted by atomic mass is 35.5. The van der Waals surface area contributed by atoms with Crippen LogP contribution in [0.5, 0.6) is 0 Å². The van der Waals surface area contributed by atoms with E-state index in [9.17, 15) is 34.6 Å². The van der Waals surface area contributed by atoms with Gasteiger partial charge in [0.2, 0.25) is 11.8 Å². The fraction of sp³-hybridized carbons (Fsp3) is 0.0857. The molecule has 0 bridgehead atoms. The molecule has 2 amide bonds. The van der Waals surface area contributed by atoms with E-state index >= 15 is 0 Å². The lowest BCUT2D eigenvalue weighted by atomic mass is 9.51. The summed E-state index contributed by atoms with van der Waals surface area (Å²) < 4.78 is 0. The van der Waals surface area contributed by atoms with Crippen molar-refractivity contribution in [3.63, 3.8) is 0 Å². The lowest BCUT2D eigenvalue weighted by Crippen LogP contribution is -2.68. The Hall–Kier alpha value is -5.56. The number of nitro groups is 2. The van der Waals surface area contributed by atoms with E-state index in [4.69, 9.17) is 35.4 Å². The van der Waals surface area contributed by atoms with Crippen molar-refractivity contribution in [1.82, 2.24) is 10.6 Å². The number of carbonyl (C=O) groups excluding carboxylic acids is 3. The molecule has 2 aliphatic rings. The van der Waals surface area contributed by atoms with E-state index < -0.39 is 44.7 Å². The van der Waals surface area contributed by atoms with Crippen molar-refractivity contribution in [3.05, 3.63) is 161 Å². The van der Waals surface area contributed by atoms with Crippen molar-refractivity contribution in [2.75, 3.05) is 0 Å². The molecule has 4 aromatic carbocycles. The van der Waals surface area contributed by atoms with E-state index in [0.717, 1.165) is 0 Å². The van der Waals surface area contributed by atoms with E-state index in [0.29, 0.717) is 32.3 Å². The van der Waals surface area contributed by atoms with Crippen molar-refractivity contribution < 1.29 is 24.2 Å². The number of ketones is 1. The largest absolute Gasteiger partial charge is 0.302 e. The number of nitrogens with zero attached hydrogens (tertiary/aromatic N) is 2. The van der Waals surface area contributed by atoms with Gasteiger partial charge in [-0.1, -0.05) is 47.5 Å². The first kappa shape index (κ1) is 33.3. The van der Waals surface area contributed by atoms with Gasteiger partial charge in [0, 0.05) is 57.3 Å². The standard InChI is InChI=1S/C35H22Cl2N4O7S/c36-23-9-5-21(6-10-23)29-27(17-19-1-13-25(14-2-19)40(45)46)31(42)28(18-20-3-15-26(16-4-20)41(47)48)30(22-7-11-24(37)12-8-22)35(29)32(43)38-34(49)39-33(35)44/h1-18,29-30H,(H2,38,39,43,44,49)/b27-17+,28-18+. The lowest BCUT2D eigenvalue weighted by Gasteiger charge is -2.50. The van der Waals surface area contributed by atoms with E-state index in [-0.39, 0.29) is 27.6 Å². The number of rotatable bonds is 6. The van der Waals surface area contributed by atoms with Gasteiger partial charge in [-0.2, -0.15) is 0 Å². The summed E-state index contributed by atoms with van der Waals surface area (Å²) in [5, 5.41) is 28.5. The van der Waals surface area contributed by atoms with Crippen LogP contribution in [0, 0.1) is 25.6 Å². The summed E-state index contributed by atoms with van der Waals surface area (Å²) in [6, 6.07) is 23.6. The van der Waals surface area contributed by atoms with Gasteiger partial charge in [-0.3, -0.25) is 34.6 Å². The Morgan fingerprint density at radius 3 is 1.29 bits per heavy atom. The number of nitrogens with one attached hydrogen (secondary N) is 2. The van der Waals surface area contributed by atoms with Gasteiger partial charge in [-0.15, -0.1) is 0 Å². The number of thiocarbonyl (C=S) groups is 1. The van der Waals surface area contributed by atoms with Gasteiger partial charge < -0.3 is 10.6 Å². The minimum Gasteiger partial charge on any atom is -0.302 e. The van der Waals surface area contributed by atoms with E-state index in [1.165, 1.54) is 60.7 Å². The van der Waals surface area contributed by atoms with Crippen LogP contribution in [0.2, 0.25) is 10.0 Å². The number of non-ortho nitro benzene ring substituents is 2. The maximum Gasteiger partial charge on any atom is 0.269 e. The highest BCUT2D eigenvalue weighted by molar-refractivity contribution is 7.80. The highest BCUT2D eigenvalue weighted by Crippen LogP contribution is 2.59. The summed E-state index contributed by atoms with van der Waals surface area (Å²) >= 11 is 17.7. The normalized spacial score (nSPS) is 20.3. The number of halogens is 2. The van der Waals surface area contributed by atoms with Crippen molar-refractivity contribution in [2.24, 2.45) is 5.41 Å². The van der Waals surface area contributed by atoms with Crippen LogP contribution in [0.1, 0.15) is 34.1 Å². The second-order valence-corrected chi connectivity index (χ2v) is 12.6. The molecule has 49 heavy (non-hydrogen) atoms. The number of benzene rings is 4. The molecule has 14 heteroatoms. The predicted octanol–water partition coefficient (Wildman–Crippen LogP) is 6.94. The van der Waals surface area contributed by atoms with Crippen LogP contribution in [-0.2, 0) is 14.4 Å². The molecule has 1 saturated heterocycles. The van der Waals surface area contributed by atoms with E-state index in [1.807, 2.05) is 0 Å². The quantitative estimate of drug-likeness (QED) is 0.0714. The molecule has 2 N–H and O–H groups in total. The highest BCUT2D eigenvalue weighted by Gasteiger charge is 2.66. The Labute approximate surface area is 293 Å². The number of carbonyl (C=O) groups is 3. The Balaban J connectivity index is 1.71. The van der Waals surface area contributed by atoms with Gasteiger partial charge in [-0.05, 0) is 95.2 Å². The van der Waals surface area contributed by atoms with Crippen LogP contribution in [0.3, 0.4) is 0 Å². The smallest absolute Gasteiger partial charge is 0.269 e. The molecule has 244 valence electrons. The van der Waals surface area contributed by atoms with Gasteiger partial charge in [-0.25, -0.2) is 0 Å². The summed E-state index contributed by atoms with van der Waals surface area (Å²) in [5.74, 6) is -4.60. The molecule has 1 aliphatic carbocycles. The zero-order valence-corrected chi connectivity index (χ0v) is 27.3. The van der Waals surface area contributed by atoms with Crippen LogP contribution in [0.25, 0.3) is 12.2 Å². The molecule has 11 nitrogen and oxygen atoms in total. The molecule has 0 radical (unpaired) electrons. The Morgan fingerprint density at radius 1 is 0.612 bits per heavy atom. The second-order valence-electron chi connectivity index (χ2n) is 11.3. The fourth-order valence-corrected chi connectivity index (χ4v) is 6.83. The molecule has 1 aliphatic heterocycles. The third-order valence-corrected chi connectivity index (χ3v) is 9.23. The maximum atomic E-state index is 15.0. The van der Waals surface area contributed by atoms with Crippen molar-refractivity contribution >= 4 is 81.7 Å². The van der Waals surface area contributed by atoms with Crippen LogP contribution in [0.15, 0.2) is 108 Å². The number of nitro benzene ring substituents is 2. The Kier molecular flexibility index (Phi) is 8.95. The zero-order chi connectivity index (χ0) is 35.0. The predicted molar refractivity (Wildman–Crippen MR) is 187 cm³/mol.